The minimum Gasteiger partial charge on any atom is -0.392 e. The highest BCUT2D eigenvalue weighted by molar-refractivity contribution is 5.36. The van der Waals surface area contributed by atoms with Gasteiger partial charge in [0.1, 0.15) is 0 Å². The van der Waals surface area contributed by atoms with Crippen LogP contribution in [0.2, 0.25) is 0 Å². The molecule has 2 rings (SSSR count). The molecule has 0 aromatic rings. The van der Waals surface area contributed by atoms with Crippen LogP contribution in [0.5, 0.6) is 0 Å². The molecule has 0 aromatic heterocycles. The zero-order chi connectivity index (χ0) is 7.14. The first kappa shape index (κ1) is 6.17. The van der Waals surface area contributed by atoms with Crippen LogP contribution in [-0.4, -0.2) is 11.7 Å². The highest BCUT2D eigenvalue weighted by Crippen LogP contribution is 2.42. The molecule has 0 saturated carbocycles. The van der Waals surface area contributed by atoms with Crippen LogP contribution in [0.25, 0.3) is 0 Å². The van der Waals surface area contributed by atoms with Gasteiger partial charge < -0.3 is 5.11 Å². The van der Waals surface area contributed by atoms with Gasteiger partial charge in [0.25, 0.3) is 0 Å². The third kappa shape index (κ3) is 0.613. The van der Waals surface area contributed by atoms with Crippen LogP contribution in [0.1, 0.15) is 13.3 Å². The summed E-state index contributed by atoms with van der Waals surface area (Å²) in [5.74, 6) is 1.24. The van der Waals surface area contributed by atoms with Crippen LogP contribution in [0, 0.1) is 11.8 Å². The standard InChI is InChI=1S/C9H12O/c1-6-7-2-3-8(4-7)9(6)5-10/h2-3,7-8,10H,4-5H2,1H3/t7-,8+/m0/s1. The maximum atomic E-state index is 8.97. The molecule has 10 heavy (non-hydrogen) atoms. The molecule has 0 heterocycles. The Labute approximate surface area is 61.1 Å². The van der Waals surface area contributed by atoms with Gasteiger partial charge in [0.05, 0.1) is 6.61 Å². The average molecular weight is 136 g/mol. The van der Waals surface area contributed by atoms with Gasteiger partial charge in [0.15, 0.2) is 0 Å². The molecule has 2 aliphatic rings. The second kappa shape index (κ2) is 1.96. The molecule has 2 bridgehead atoms. The normalized spacial score (nSPS) is 36.2. The summed E-state index contributed by atoms with van der Waals surface area (Å²) >= 11 is 0. The number of allylic oxidation sites excluding steroid dienone is 3. The third-order valence-corrected chi connectivity index (χ3v) is 2.76. The summed E-state index contributed by atoms with van der Waals surface area (Å²) in [4.78, 5) is 0. The van der Waals surface area contributed by atoms with Crippen LogP contribution >= 0.6 is 0 Å². The molecule has 0 saturated heterocycles. The summed E-state index contributed by atoms with van der Waals surface area (Å²) in [6, 6.07) is 0. The molecule has 0 unspecified atom stereocenters. The highest BCUT2D eigenvalue weighted by Gasteiger charge is 2.31. The van der Waals surface area contributed by atoms with E-state index in [-0.39, 0.29) is 6.61 Å². The van der Waals surface area contributed by atoms with Crippen molar-refractivity contribution in [2.75, 3.05) is 6.61 Å². The molecule has 0 aliphatic heterocycles. The topological polar surface area (TPSA) is 20.2 Å². The molecular weight excluding hydrogens is 124 g/mol. The quantitative estimate of drug-likeness (QED) is 0.542. The van der Waals surface area contributed by atoms with Crippen molar-refractivity contribution in [1.29, 1.82) is 0 Å². The van der Waals surface area contributed by atoms with Crippen molar-refractivity contribution < 1.29 is 5.11 Å². The van der Waals surface area contributed by atoms with Gasteiger partial charge in [0, 0.05) is 5.92 Å². The lowest BCUT2D eigenvalue weighted by Crippen LogP contribution is -2.00. The van der Waals surface area contributed by atoms with Gasteiger partial charge in [0.2, 0.25) is 0 Å². The molecule has 0 fully saturated rings. The molecule has 1 N–H and O–H groups in total. The van der Waals surface area contributed by atoms with Crippen molar-refractivity contribution in [3.05, 3.63) is 23.3 Å². The Morgan fingerprint density at radius 3 is 2.60 bits per heavy atom. The second-order valence-electron chi connectivity index (χ2n) is 3.20. The summed E-state index contributed by atoms with van der Waals surface area (Å²) in [5, 5.41) is 8.97. The predicted molar refractivity (Wildman–Crippen MR) is 40.5 cm³/mol. The summed E-state index contributed by atoms with van der Waals surface area (Å²) in [6.07, 6.45) is 5.71. The lowest BCUT2D eigenvalue weighted by atomic mass is 9.99. The number of aliphatic hydroxyl groups excluding tert-OH is 1. The van der Waals surface area contributed by atoms with Crippen molar-refractivity contribution in [2.24, 2.45) is 11.8 Å². The molecular formula is C9H12O. The van der Waals surface area contributed by atoms with Gasteiger partial charge in [-0.25, -0.2) is 0 Å². The summed E-state index contributed by atoms with van der Waals surface area (Å²) in [7, 11) is 0. The third-order valence-electron chi connectivity index (χ3n) is 2.76. The van der Waals surface area contributed by atoms with E-state index in [2.05, 4.69) is 19.1 Å². The van der Waals surface area contributed by atoms with Crippen molar-refractivity contribution in [3.8, 4) is 0 Å². The van der Waals surface area contributed by atoms with E-state index in [1.807, 2.05) is 0 Å². The summed E-state index contributed by atoms with van der Waals surface area (Å²) < 4.78 is 0. The monoisotopic (exact) mass is 136 g/mol. The molecule has 0 amide bonds. The fourth-order valence-electron chi connectivity index (χ4n) is 2.05. The van der Waals surface area contributed by atoms with Crippen LogP contribution in [-0.2, 0) is 0 Å². The maximum Gasteiger partial charge on any atom is 0.0650 e. The number of fused-ring (bicyclic) bond motifs is 2. The van der Waals surface area contributed by atoms with Crippen molar-refractivity contribution in [3.63, 3.8) is 0 Å². The molecule has 54 valence electrons. The zero-order valence-corrected chi connectivity index (χ0v) is 6.17. The smallest absolute Gasteiger partial charge is 0.0650 e. The fourth-order valence-corrected chi connectivity index (χ4v) is 2.05. The predicted octanol–water partition coefficient (Wildman–Crippen LogP) is 1.50. The molecule has 2 aliphatic carbocycles. The van der Waals surface area contributed by atoms with E-state index in [1.165, 1.54) is 17.6 Å². The molecule has 2 atom stereocenters. The lowest BCUT2D eigenvalue weighted by molar-refractivity contribution is 0.321. The van der Waals surface area contributed by atoms with E-state index in [1.54, 1.807) is 0 Å². The Bertz CT molecular complexity index is 213. The van der Waals surface area contributed by atoms with Crippen LogP contribution in [0.4, 0.5) is 0 Å². The minimum atomic E-state index is 0.261. The zero-order valence-electron chi connectivity index (χ0n) is 6.17. The number of hydrogen-bond donors (Lipinski definition) is 1. The van der Waals surface area contributed by atoms with Crippen molar-refractivity contribution >= 4 is 0 Å². The summed E-state index contributed by atoms with van der Waals surface area (Å²) in [5.41, 5.74) is 2.68. The van der Waals surface area contributed by atoms with E-state index in [0.29, 0.717) is 11.8 Å². The molecule has 0 aromatic carbocycles. The van der Waals surface area contributed by atoms with Crippen molar-refractivity contribution in [2.45, 2.75) is 13.3 Å². The van der Waals surface area contributed by atoms with Crippen molar-refractivity contribution in [1.82, 2.24) is 0 Å². The first-order valence-corrected chi connectivity index (χ1v) is 3.81. The maximum absolute atomic E-state index is 8.97. The van der Waals surface area contributed by atoms with Gasteiger partial charge in [-0.15, -0.1) is 0 Å². The summed E-state index contributed by atoms with van der Waals surface area (Å²) in [6.45, 7) is 2.40. The SMILES string of the molecule is CC1=C(CO)[C@@H]2C=C[C@H]1C2. The Morgan fingerprint density at radius 1 is 1.50 bits per heavy atom. The van der Waals surface area contributed by atoms with E-state index in [4.69, 9.17) is 5.11 Å². The highest BCUT2D eigenvalue weighted by atomic mass is 16.3. The number of aliphatic hydroxyl groups is 1. The first-order chi connectivity index (χ1) is 4.83. The van der Waals surface area contributed by atoms with E-state index >= 15 is 0 Å². The number of rotatable bonds is 1. The van der Waals surface area contributed by atoms with E-state index < -0.39 is 0 Å². The Morgan fingerprint density at radius 2 is 2.20 bits per heavy atom. The molecule has 0 radical (unpaired) electrons. The van der Waals surface area contributed by atoms with Crippen LogP contribution < -0.4 is 0 Å². The minimum absolute atomic E-state index is 0.261. The Balaban J connectivity index is 2.33. The first-order valence-electron chi connectivity index (χ1n) is 3.81. The molecule has 0 spiro atoms. The van der Waals surface area contributed by atoms with Gasteiger partial charge >= 0.3 is 0 Å². The molecule has 1 nitrogen and oxygen atoms in total. The van der Waals surface area contributed by atoms with Crippen LogP contribution in [0.15, 0.2) is 23.3 Å². The Kier molecular flexibility index (Phi) is 1.21. The fraction of sp³-hybridized carbons (Fsp3) is 0.556. The lowest BCUT2D eigenvalue weighted by Gasteiger charge is -2.09. The van der Waals surface area contributed by atoms with E-state index in [0.717, 1.165) is 0 Å². The second-order valence-corrected chi connectivity index (χ2v) is 3.20. The van der Waals surface area contributed by atoms with Gasteiger partial charge in [-0.2, -0.15) is 0 Å². The largest absolute Gasteiger partial charge is 0.392 e. The van der Waals surface area contributed by atoms with Gasteiger partial charge in [-0.3, -0.25) is 0 Å². The number of hydrogen-bond acceptors (Lipinski definition) is 1. The Hall–Kier alpha value is -0.560. The van der Waals surface area contributed by atoms with Crippen LogP contribution in [0.3, 0.4) is 0 Å². The van der Waals surface area contributed by atoms with E-state index in [9.17, 15) is 0 Å². The molecule has 1 heteroatoms. The average Bonchev–Trinajstić information content (AvgIpc) is 2.46. The van der Waals surface area contributed by atoms with Gasteiger partial charge in [-0.05, 0) is 24.8 Å². The van der Waals surface area contributed by atoms with Gasteiger partial charge in [-0.1, -0.05) is 17.7 Å².